The van der Waals surface area contributed by atoms with Crippen molar-refractivity contribution < 1.29 is 5.11 Å². The lowest BCUT2D eigenvalue weighted by Crippen LogP contribution is -2.18. The third-order valence-corrected chi connectivity index (χ3v) is 2.46. The van der Waals surface area contributed by atoms with E-state index in [4.69, 9.17) is 5.11 Å². The normalized spacial score (nSPS) is 10.3. The Morgan fingerprint density at radius 1 is 1.00 bits per heavy atom. The Morgan fingerprint density at radius 2 is 1.69 bits per heavy atom. The van der Waals surface area contributed by atoms with Gasteiger partial charge >= 0.3 is 0 Å². The molecule has 0 atom stereocenters. The highest BCUT2D eigenvalue weighted by atomic mass is 16.3. The first kappa shape index (κ1) is 10.6. The zero-order valence-corrected chi connectivity index (χ0v) is 8.84. The van der Waals surface area contributed by atoms with Crippen molar-refractivity contribution in [2.24, 2.45) is 0 Å². The molecule has 82 valence electrons. The van der Waals surface area contributed by atoms with Crippen molar-refractivity contribution in [1.29, 1.82) is 0 Å². The average Bonchev–Trinajstić information content (AvgIpc) is 2.33. The third kappa shape index (κ3) is 2.38. The summed E-state index contributed by atoms with van der Waals surface area (Å²) in [6, 6.07) is 12.7. The minimum Gasteiger partial charge on any atom is -0.392 e. The molecule has 0 fully saturated rings. The minimum absolute atomic E-state index is 0.00580. The van der Waals surface area contributed by atoms with E-state index in [1.807, 2.05) is 30.3 Å². The van der Waals surface area contributed by atoms with Gasteiger partial charge in [-0.3, -0.25) is 4.79 Å². The Hall–Kier alpha value is -1.87. The highest BCUT2D eigenvalue weighted by Gasteiger charge is 1.97. The van der Waals surface area contributed by atoms with Crippen molar-refractivity contribution >= 4 is 0 Å². The standard InChI is InChI=1S/C13H13NO2/c15-10-12-6-4-11(5-7-12)9-14-8-2-1-3-13(14)16/h1-8,15H,9-10H2. The zero-order chi connectivity index (χ0) is 11.4. The van der Waals surface area contributed by atoms with Gasteiger partial charge < -0.3 is 9.67 Å². The average molecular weight is 215 g/mol. The molecule has 0 amide bonds. The predicted octanol–water partition coefficient (Wildman–Crippen LogP) is 1.39. The van der Waals surface area contributed by atoms with Gasteiger partial charge in [0, 0.05) is 12.3 Å². The van der Waals surface area contributed by atoms with Gasteiger partial charge in [0.1, 0.15) is 0 Å². The second-order valence-electron chi connectivity index (χ2n) is 3.64. The molecule has 0 radical (unpaired) electrons. The molecular formula is C13H13NO2. The molecule has 1 heterocycles. The molecular weight excluding hydrogens is 202 g/mol. The summed E-state index contributed by atoms with van der Waals surface area (Å²) in [6.45, 7) is 0.608. The van der Waals surface area contributed by atoms with Crippen molar-refractivity contribution in [1.82, 2.24) is 4.57 Å². The number of aliphatic hydroxyl groups excluding tert-OH is 1. The van der Waals surface area contributed by atoms with Crippen molar-refractivity contribution in [3.05, 3.63) is 70.1 Å². The highest BCUT2D eigenvalue weighted by molar-refractivity contribution is 5.22. The molecule has 0 saturated heterocycles. The summed E-state index contributed by atoms with van der Waals surface area (Å²) < 4.78 is 1.65. The molecule has 0 spiro atoms. The summed E-state index contributed by atoms with van der Waals surface area (Å²) in [5.74, 6) is 0. The van der Waals surface area contributed by atoms with Crippen LogP contribution in [-0.2, 0) is 13.2 Å². The molecule has 1 N–H and O–H groups in total. The predicted molar refractivity (Wildman–Crippen MR) is 62.2 cm³/mol. The van der Waals surface area contributed by atoms with Crippen LogP contribution in [0.4, 0.5) is 0 Å². The van der Waals surface area contributed by atoms with E-state index in [0.717, 1.165) is 11.1 Å². The van der Waals surface area contributed by atoms with E-state index in [1.165, 1.54) is 0 Å². The van der Waals surface area contributed by atoms with Crippen LogP contribution in [0.5, 0.6) is 0 Å². The molecule has 3 nitrogen and oxygen atoms in total. The van der Waals surface area contributed by atoms with E-state index in [2.05, 4.69) is 0 Å². The first-order chi connectivity index (χ1) is 7.79. The van der Waals surface area contributed by atoms with Crippen LogP contribution in [0, 0.1) is 0 Å². The highest BCUT2D eigenvalue weighted by Crippen LogP contribution is 2.05. The summed E-state index contributed by atoms with van der Waals surface area (Å²) in [5.41, 5.74) is 1.92. The summed E-state index contributed by atoms with van der Waals surface area (Å²) in [4.78, 5) is 11.5. The van der Waals surface area contributed by atoms with Gasteiger partial charge in [0.15, 0.2) is 0 Å². The fourth-order valence-corrected chi connectivity index (χ4v) is 1.54. The molecule has 16 heavy (non-hydrogen) atoms. The van der Waals surface area contributed by atoms with Gasteiger partial charge in [-0.1, -0.05) is 30.3 Å². The number of hydrogen-bond acceptors (Lipinski definition) is 2. The van der Waals surface area contributed by atoms with Crippen LogP contribution in [0.2, 0.25) is 0 Å². The maximum atomic E-state index is 11.5. The quantitative estimate of drug-likeness (QED) is 0.840. The van der Waals surface area contributed by atoms with Gasteiger partial charge in [-0.2, -0.15) is 0 Å². The zero-order valence-electron chi connectivity index (χ0n) is 8.84. The van der Waals surface area contributed by atoms with Gasteiger partial charge in [0.25, 0.3) is 5.56 Å². The molecule has 0 bridgehead atoms. The molecule has 0 aliphatic heterocycles. The van der Waals surface area contributed by atoms with Crippen molar-refractivity contribution in [2.45, 2.75) is 13.2 Å². The Bertz CT molecular complexity index is 514. The molecule has 1 aromatic heterocycles. The Labute approximate surface area is 93.6 Å². The summed E-state index contributed by atoms with van der Waals surface area (Å²) in [6.07, 6.45) is 1.77. The van der Waals surface area contributed by atoms with Crippen LogP contribution in [0.1, 0.15) is 11.1 Å². The van der Waals surface area contributed by atoms with E-state index in [0.29, 0.717) is 6.54 Å². The van der Waals surface area contributed by atoms with Crippen LogP contribution < -0.4 is 5.56 Å². The van der Waals surface area contributed by atoms with Gasteiger partial charge in [-0.15, -0.1) is 0 Å². The number of benzene rings is 1. The van der Waals surface area contributed by atoms with Crippen LogP contribution in [-0.4, -0.2) is 9.67 Å². The van der Waals surface area contributed by atoms with Gasteiger partial charge in [0.05, 0.1) is 13.2 Å². The van der Waals surface area contributed by atoms with E-state index in [9.17, 15) is 4.79 Å². The lowest BCUT2D eigenvalue weighted by molar-refractivity contribution is 0.282. The molecule has 3 heteroatoms. The molecule has 2 rings (SSSR count). The maximum Gasteiger partial charge on any atom is 0.250 e. The van der Waals surface area contributed by atoms with Gasteiger partial charge in [-0.25, -0.2) is 0 Å². The minimum atomic E-state index is -0.00580. The topological polar surface area (TPSA) is 42.2 Å². The van der Waals surface area contributed by atoms with Gasteiger partial charge in [-0.05, 0) is 17.2 Å². The molecule has 0 aliphatic carbocycles. The van der Waals surface area contributed by atoms with Crippen LogP contribution in [0.15, 0.2) is 53.5 Å². The Kier molecular flexibility index (Phi) is 3.17. The maximum absolute atomic E-state index is 11.5. The second-order valence-corrected chi connectivity index (χ2v) is 3.64. The number of hydrogen-bond donors (Lipinski definition) is 1. The molecule has 0 saturated carbocycles. The van der Waals surface area contributed by atoms with Crippen LogP contribution in [0.3, 0.4) is 0 Å². The van der Waals surface area contributed by atoms with E-state index < -0.39 is 0 Å². The number of rotatable bonds is 3. The van der Waals surface area contributed by atoms with Crippen molar-refractivity contribution in [3.63, 3.8) is 0 Å². The Balaban J connectivity index is 2.21. The molecule has 0 unspecified atom stereocenters. The smallest absolute Gasteiger partial charge is 0.250 e. The number of nitrogens with zero attached hydrogens (tertiary/aromatic N) is 1. The van der Waals surface area contributed by atoms with Gasteiger partial charge in [0.2, 0.25) is 0 Å². The first-order valence-electron chi connectivity index (χ1n) is 5.14. The number of pyridine rings is 1. The van der Waals surface area contributed by atoms with Crippen LogP contribution in [0.25, 0.3) is 0 Å². The van der Waals surface area contributed by atoms with E-state index >= 15 is 0 Å². The summed E-state index contributed by atoms with van der Waals surface area (Å²) >= 11 is 0. The summed E-state index contributed by atoms with van der Waals surface area (Å²) in [7, 11) is 0. The first-order valence-corrected chi connectivity index (χ1v) is 5.14. The lowest BCUT2D eigenvalue weighted by Gasteiger charge is -2.05. The lowest BCUT2D eigenvalue weighted by atomic mass is 10.1. The largest absolute Gasteiger partial charge is 0.392 e. The molecule has 2 aromatic rings. The van der Waals surface area contributed by atoms with Crippen molar-refractivity contribution in [2.75, 3.05) is 0 Å². The fraction of sp³-hybridized carbons (Fsp3) is 0.154. The number of aromatic nitrogens is 1. The Morgan fingerprint density at radius 3 is 2.31 bits per heavy atom. The molecule has 0 aliphatic rings. The SMILES string of the molecule is O=c1ccccn1Cc1ccc(CO)cc1. The second kappa shape index (κ2) is 4.77. The monoisotopic (exact) mass is 215 g/mol. The molecule has 1 aromatic carbocycles. The van der Waals surface area contributed by atoms with Crippen molar-refractivity contribution in [3.8, 4) is 0 Å². The van der Waals surface area contributed by atoms with Crippen LogP contribution >= 0.6 is 0 Å². The number of aliphatic hydroxyl groups is 1. The third-order valence-electron chi connectivity index (χ3n) is 2.46. The summed E-state index contributed by atoms with van der Waals surface area (Å²) in [5, 5.41) is 8.91. The fourth-order valence-electron chi connectivity index (χ4n) is 1.54. The van der Waals surface area contributed by atoms with E-state index in [-0.39, 0.29) is 12.2 Å². The van der Waals surface area contributed by atoms with E-state index in [1.54, 1.807) is 22.9 Å².